The molecule has 0 saturated heterocycles. The van der Waals surface area contributed by atoms with E-state index in [0.29, 0.717) is 0 Å². The normalized spacial score (nSPS) is 19.1. The van der Waals surface area contributed by atoms with Crippen molar-refractivity contribution in [2.45, 2.75) is 11.8 Å². The molecular weight excluding hydrogens is 688 g/mol. The molecule has 2 aliphatic rings. The molecule has 4 atom stereocenters. The number of fused-ring (bicyclic) bond motifs is 2. The molecule has 266 valence electrons. The molecule has 0 bridgehead atoms. The fourth-order valence-corrected chi connectivity index (χ4v) is 7.08. The summed E-state index contributed by atoms with van der Waals surface area (Å²) in [4.78, 5) is 50.6. The van der Waals surface area contributed by atoms with Gasteiger partial charge in [-0.2, -0.15) is 0 Å². The first-order valence-electron chi connectivity index (χ1n) is 15.0. The molecule has 4 aromatic carbocycles. The Labute approximate surface area is 290 Å². The van der Waals surface area contributed by atoms with Crippen LogP contribution in [0.15, 0.2) is 59.7 Å². The summed E-state index contributed by atoms with van der Waals surface area (Å²) in [6, 6.07) is 8.06. The number of phenolic OH excluding ortho intramolecular Hbond substituents is 8. The van der Waals surface area contributed by atoms with Crippen LogP contribution in [-0.4, -0.2) is 85.2 Å². The molecule has 6 rings (SSSR count). The van der Waals surface area contributed by atoms with Crippen LogP contribution >= 0.6 is 0 Å². The molecule has 16 heteroatoms. The third-order valence-electron chi connectivity index (χ3n) is 9.30. The molecule has 0 spiro atoms. The molecular formula is C36H26O16. The first kappa shape index (κ1) is 34.5. The second kappa shape index (κ2) is 12.2. The lowest BCUT2D eigenvalue weighted by molar-refractivity contribution is -0.144. The second-order valence-electron chi connectivity index (χ2n) is 12.1. The Morgan fingerprint density at radius 3 is 1.08 bits per heavy atom. The summed E-state index contributed by atoms with van der Waals surface area (Å²) in [6.07, 6.45) is 1.66. The van der Waals surface area contributed by atoms with Gasteiger partial charge in [0.15, 0.2) is 46.0 Å². The van der Waals surface area contributed by atoms with Gasteiger partial charge in [0.25, 0.3) is 0 Å². The van der Waals surface area contributed by atoms with Crippen molar-refractivity contribution in [3.63, 3.8) is 0 Å². The molecule has 0 aromatic heterocycles. The second-order valence-corrected chi connectivity index (χ2v) is 12.1. The maximum atomic E-state index is 12.7. The molecule has 4 aromatic rings. The summed E-state index contributed by atoms with van der Waals surface area (Å²) in [5, 5.41) is 126. The summed E-state index contributed by atoms with van der Waals surface area (Å²) in [7, 11) is 0. The smallest absolute Gasteiger partial charge is 0.332 e. The minimum atomic E-state index is -1.92. The average molecular weight is 715 g/mol. The summed E-state index contributed by atoms with van der Waals surface area (Å²) >= 11 is 0. The quantitative estimate of drug-likeness (QED) is 0.122. The summed E-state index contributed by atoms with van der Waals surface area (Å²) in [5.74, 6) is -20.5. The Morgan fingerprint density at radius 1 is 0.442 bits per heavy atom. The molecule has 0 amide bonds. The highest BCUT2D eigenvalue weighted by molar-refractivity contribution is 6.06. The lowest BCUT2D eigenvalue weighted by Gasteiger charge is -2.34. The van der Waals surface area contributed by atoms with E-state index in [2.05, 4.69) is 0 Å². The number of hydrogen-bond acceptors (Lipinski definition) is 12. The third kappa shape index (κ3) is 5.25. The van der Waals surface area contributed by atoms with Crippen molar-refractivity contribution in [3.05, 3.63) is 93.1 Å². The number of hydrogen-bond donors (Lipinski definition) is 12. The van der Waals surface area contributed by atoms with Crippen molar-refractivity contribution >= 4 is 36.0 Å². The number of aromatic hydroxyl groups is 8. The van der Waals surface area contributed by atoms with Crippen molar-refractivity contribution in [1.82, 2.24) is 0 Å². The molecule has 0 saturated carbocycles. The maximum Gasteiger partial charge on any atom is 0.332 e. The fraction of sp³-hybridized carbons (Fsp3) is 0.111. The minimum absolute atomic E-state index is 0.0847. The molecule has 0 fully saturated rings. The number of carbonyl (C=O) groups is 4. The molecule has 0 aliphatic heterocycles. The molecule has 16 nitrogen and oxygen atoms in total. The van der Waals surface area contributed by atoms with Gasteiger partial charge in [0, 0.05) is 23.0 Å². The van der Waals surface area contributed by atoms with Crippen LogP contribution in [-0.2, 0) is 19.2 Å². The van der Waals surface area contributed by atoms with Gasteiger partial charge in [-0.1, -0.05) is 12.1 Å². The summed E-state index contributed by atoms with van der Waals surface area (Å²) in [6.45, 7) is 0. The van der Waals surface area contributed by atoms with Crippen molar-refractivity contribution in [2.75, 3.05) is 0 Å². The summed E-state index contributed by atoms with van der Waals surface area (Å²) < 4.78 is 0. The van der Waals surface area contributed by atoms with E-state index in [1.165, 1.54) is 12.1 Å². The van der Waals surface area contributed by atoms with E-state index >= 15 is 0 Å². The number of aliphatic carboxylic acids is 4. The van der Waals surface area contributed by atoms with E-state index in [1.807, 2.05) is 0 Å². The molecule has 0 heterocycles. The number of phenols is 8. The van der Waals surface area contributed by atoms with Crippen molar-refractivity contribution in [3.8, 4) is 57.1 Å². The van der Waals surface area contributed by atoms with Gasteiger partial charge >= 0.3 is 23.9 Å². The van der Waals surface area contributed by atoms with Crippen LogP contribution in [0.1, 0.15) is 45.2 Å². The van der Waals surface area contributed by atoms with Gasteiger partial charge in [0.2, 0.25) is 0 Å². The third-order valence-corrected chi connectivity index (χ3v) is 9.30. The van der Waals surface area contributed by atoms with E-state index < -0.39 is 116 Å². The van der Waals surface area contributed by atoms with Crippen molar-refractivity contribution in [1.29, 1.82) is 0 Å². The Hall–Kier alpha value is -7.36. The number of carboxylic acid groups (broad SMARTS) is 4. The van der Waals surface area contributed by atoms with Crippen LogP contribution < -0.4 is 0 Å². The SMILES string of the molecule is O=C(O)C1=Cc2c(cc(O)c(O)c2-c2c(O)c(O)cc3c2C=C(C(=O)O)C(C(=O)O)C3c2ccc(O)c(O)c2)C(c2ccc(O)c(O)c2)C1C(=O)O. The van der Waals surface area contributed by atoms with E-state index in [1.54, 1.807) is 0 Å². The van der Waals surface area contributed by atoms with E-state index in [9.17, 15) is 80.5 Å². The first-order chi connectivity index (χ1) is 24.4. The Kier molecular flexibility index (Phi) is 8.10. The molecule has 4 unspecified atom stereocenters. The average Bonchev–Trinajstić information content (AvgIpc) is 3.07. The zero-order valence-corrected chi connectivity index (χ0v) is 26.1. The standard InChI is InChI=1S/C36H26O16/c37-19-3-1-11(5-21(19)39)25-15-9-23(41)31(43)27(13(15)7-17(33(45)46)29(25)35(49)50)28-14-8-18(34(47)48)30(36(51)52)26(16(14)10-24(42)32(28)44)12-2-4-20(38)22(40)6-12/h1-10,25-26,29-30,37-44H,(H,45,46)(H,47,48)(H,49,50)(H,51,52). The van der Waals surface area contributed by atoms with Crippen LogP contribution in [0.4, 0.5) is 0 Å². The number of rotatable bonds is 7. The van der Waals surface area contributed by atoms with Crippen LogP contribution in [0.25, 0.3) is 23.3 Å². The first-order valence-corrected chi connectivity index (χ1v) is 15.0. The molecule has 12 N–H and O–H groups in total. The lowest BCUT2D eigenvalue weighted by Crippen LogP contribution is -2.32. The van der Waals surface area contributed by atoms with Gasteiger partial charge in [0.1, 0.15) is 0 Å². The fourth-order valence-electron chi connectivity index (χ4n) is 7.08. The van der Waals surface area contributed by atoms with Crippen LogP contribution in [0.2, 0.25) is 0 Å². The number of carboxylic acids is 4. The van der Waals surface area contributed by atoms with E-state index in [-0.39, 0.29) is 33.4 Å². The Bertz CT molecular complexity index is 2170. The predicted octanol–water partition coefficient (Wildman–Crippen LogP) is 3.63. The van der Waals surface area contributed by atoms with Crippen LogP contribution in [0.3, 0.4) is 0 Å². The predicted molar refractivity (Wildman–Crippen MR) is 175 cm³/mol. The lowest BCUT2D eigenvalue weighted by atomic mass is 9.67. The van der Waals surface area contributed by atoms with E-state index in [0.717, 1.165) is 48.6 Å². The van der Waals surface area contributed by atoms with Gasteiger partial charge in [-0.3, -0.25) is 9.59 Å². The van der Waals surface area contributed by atoms with Crippen LogP contribution in [0, 0.1) is 11.8 Å². The Balaban J connectivity index is 1.79. The zero-order valence-electron chi connectivity index (χ0n) is 26.1. The molecule has 2 aliphatic carbocycles. The van der Waals surface area contributed by atoms with Gasteiger partial charge in [0.05, 0.1) is 23.0 Å². The topological polar surface area (TPSA) is 311 Å². The van der Waals surface area contributed by atoms with Gasteiger partial charge in [-0.15, -0.1) is 0 Å². The minimum Gasteiger partial charge on any atom is -0.504 e. The number of benzene rings is 4. The highest BCUT2D eigenvalue weighted by atomic mass is 16.4. The monoisotopic (exact) mass is 714 g/mol. The highest BCUT2D eigenvalue weighted by Gasteiger charge is 2.46. The largest absolute Gasteiger partial charge is 0.504 e. The molecule has 0 radical (unpaired) electrons. The Morgan fingerprint density at radius 2 is 0.788 bits per heavy atom. The zero-order chi connectivity index (χ0) is 38.1. The van der Waals surface area contributed by atoms with Gasteiger partial charge in [-0.25, -0.2) is 9.59 Å². The summed E-state index contributed by atoms with van der Waals surface area (Å²) in [5.41, 5.74) is -4.14. The maximum absolute atomic E-state index is 12.7. The van der Waals surface area contributed by atoms with Crippen LogP contribution in [0.5, 0.6) is 46.0 Å². The highest BCUT2D eigenvalue weighted by Crippen LogP contribution is 2.58. The van der Waals surface area contributed by atoms with E-state index in [4.69, 9.17) is 0 Å². The molecule has 52 heavy (non-hydrogen) atoms. The van der Waals surface area contributed by atoms with Gasteiger partial charge in [-0.05, 0) is 81.9 Å². The van der Waals surface area contributed by atoms with Crippen molar-refractivity contribution in [2.24, 2.45) is 11.8 Å². The van der Waals surface area contributed by atoms with Gasteiger partial charge < -0.3 is 61.3 Å². The van der Waals surface area contributed by atoms with Crippen molar-refractivity contribution < 1.29 is 80.5 Å².